The number of rotatable bonds is 6. The molecule has 21 heavy (non-hydrogen) atoms. The van der Waals surface area contributed by atoms with E-state index in [4.69, 9.17) is 32.8 Å². The first kappa shape index (κ1) is 16.1. The van der Waals surface area contributed by atoms with E-state index in [9.17, 15) is 4.79 Å². The number of nitrogens with zero attached hydrogens (tertiary/aromatic N) is 1. The molecule has 114 valence electrons. The largest absolute Gasteiger partial charge is 0.467 e. The summed E-state index contributed by atoms with van der Waals surface area (Å²) in [5.41, 5.74) is 1.63. The summed E-state index contributed by atoms with van der Waals surface area (Å²) in [4.78, 5) is 16.1. The van der Waals surface area contributed by atoms with Crippen molar-refractivity contribution in [2.24, 2.45) is 11.1 Å². The van der Waals surface area contributed by atoms with Gasteiger partial charge in [0.15, 0.2) is 0 Å². The number of oxime groups is 1. The Labute approximate surface area is 132 Å². The summed E-state index contributed by atoms with van der Waals surface area (Å²) >= 11 is 12.0. The highest BCUT2D eigenvalue weighted by atomic mass is 35.5. The quantitative estimate of drug-likeness (QED) is 0.594. The highest BCUT2D eigenvalue weighted by Gasteiger charge is 2.25. The Kier molecular flexibility index (Phi) is 5.85. The van der Waals surface area contributed by atoms with Crippen LogP contribution in [0, 0.1) is 5.92 Å². The third-order valence-corrected chi connectivity index (χ3v) is 3.48. The number of ether oxygens (including phenoxy) is 2. The molecule has 7 heteroatoms. The van der Waals surface area contributed by atoms with Gasteiger partial charge < -0.3 is 14.3 Å². The molecular weight excluding hydrogens is 317 g/mol. The average Bonchev–Trinajstić information content (AvgIpc) is 2.90. The second-order valence-electron chi connectivity index (χ2n) is 4.54. The number of halogens is 2. The average molecular weight is 332 g/mol. The number of hydrogen-bond acceptors (Lipinski definition) is 5. The Hall–Kier alpha value is -1.30. The summed E-state index contributed by atoms with van der Waals surface area (Å²) in [5.74, 6) is -0.314. The molecule has 1 atom stereocenters. The maximum Gasteiger partial charge on any atom is 0.331 e. The minimum Gasteiger partial charge on any atom is -0.467 e. The summed E-state index contributed by atoms with van der Waals surface area (Å²) in [5, 5.41) is 5.15. The van der Waals surface area contributed by atoms with Gasteiger partial charge in [-0.3, -0.25) is 0 Å². The SMILES string of the molecule is COC(=O)COCC[C@@H]1CON=C1c1cc(Cl)cc(Cl)c1. The molecular formula is C14H15Cl2NO4. The van der Waals surface area contributed by atoms with Gasteiger partial charge in [0.1, 0.15) is 13.2 Å². The van der Waals surface area contributed by atoms with Crippen LogP contribution in [0.15, 0.2) is 23.4 Å². The molecule has 1 aromatic carbocycles. The molecule has 0 spiro atoms. The van der Waals surface area contributed by atoms with E-state index in [2.05, 4.69) is 9.89 Å². The molecule has 0 bridgehead atoms. The molecule has 1 heterocycles. The van der Waals surface area contributed by atoms with E-state index in [1.807, 2.05) is 0 Å². The summed E-state index contributed by atoms with van der Waals surface area (Å²) in [6, 6.07) is 5.25. The second kappa shape index (κ2) is 7.64. The van der Waals surface area contributed by atoms with Crippen molar-refractivity contribution < 1.29 is 19.1 Å². The summed E-state index contributed by atoms with van der Waals surface area (Å²) < 4.78 is 9.74. The molecule has 0 fully saturated rings. The zero-order valence-electron chi connectivity index (χ0n) is 11.5. The topological polar surface area (TPSA) is 57.1 Å². The van der Waals surface area contributed by atoms with E-state index in [0.29, 0.717) is 29.7 Å². The van der Waals surface area contributed by atoms with Gasteiger partial charge in [-0.25, -0.2) is 4.79 Å². The van der Waals surface area contributed by atoms with Gasteiger partial charge in [0.25, 0.3) is 0 Å². The maximum absolute atomic E-state index is 10.9. The van der Waals surface area contributed by atoms with Gasteiger partial charge in [0.05, 0.1) is 12.8 Å². The van der Waals surface area contributed by atoms with Crippen molar-refractivity contribution in [2.75, 3.05) is 26.9 Å². The van der Waals surface area contributed by atoms with Crippen LogP contribution in [0.25, 0.3) is 0 Å². The third-order valence-electron chi connectivity index (χ3n) is 3.04. The lowest BCUT2D eigenvalue weighted by Crippen LogP contribution is -2.18. The van der Waals surface area contributed by atoms with Gasteiger partial charge in [-0.1, -0.05) is 28.4 Å². The second-order valence-corrected chi connectivity index (χ2v) is 5.42. The molecule has 0 radical (unpaired) electrons. The highest BCUT2D eigenvalue weighted by molar-refractivity contribution is 6.35. The van der Waals surface area contributed by atoms with E-state index >= 15 is 0 Å². The van der Waals surface area contributed by atoms with Crippen LogP contribution in [0.3, 0.4) is 0 Å². The van der Waals surface area contributed by atoms with Crippen LogP contribution >= 0.6 is 23.2 Å². The van der Waals surface area contributed by atoms with Crippen molar-refractivity contribution in [3.8, 4) is 0 Å². The van der Waals surface area contributed by atoms with Crippen molar-refractivity contribution in [3.63, 3.8) is 0 Å². The van der Waals surface area contributed by atoms with Crippen molar-refractivity contribution in [2.45, 2.75) is 6.42 Å². The lowest BCUT2D eigenvalue weighted by Gasteiger charge is -2.11. The molecule has 5 nitrogen and oxygen atoms in total. The van der Waals surface area contributed by atoms with Crippen LogP contribution in [0.1, 0.15) is 12.0 Å². The number of esters is 1. The normalized spacial score (nSPS) is 17.3. The minimum absolute atomic E-state index is 0.0560. The lowest BCUT2D eigenvalue weighted by molar-refractivity contribution is -0.145. The monoisotopic (exact) mass is 331 g/mol. The first-order valence-electron chi connectivity index (χ1n) is 6.41. The molecule has 0 amide bonds. The Morgan fingerprint density at radius 3 is 2.76 bits per heavy atom. The van der Waals surface area contributed by atoms with E-state index in [0.717, 1.165) is 11.3 Å². The molecule has 0 N–H and O–H groups in total. The number of carbonyl (C=O) groups is 1. The Bertz CT molecular complexity index is 528. The fourth-order valence-electron chi connectivity index (χ4n) is 2.00. The zero-order valence-corrected chi connectivity index (χ0v) is 13.0. The van der Waals surface area contributed by atoms with Gasteiger partial charge in [0.2, 0.25) is 0 Å². The van der Waals surface area contributed by atoms with E-state index in [1.54, 1.807) is 18.2 Å². The van der Waals surface area contributed by atoms with E-state index in [-0.39, 0.29) is 12.5 Å². The summed E-state index contributed by atoms with van der Waals surface area (Å²) in [6.45, 7) is 0.830. The zero-order chi connectivity index (χ0) is 15.2. The van der Waals surface area contributed by atoms with Crippen molar-refractivity contribution in [3.05, 3.63) is 33.8 Å². The molecule has 0 aromatic heterocycles. The molecule has 0 unspecified atom stereocenters. The fourth-order valence-corrected chi connectivity index (χ4v) is 2.53. The molecule has 2 rings (SSSR count). The van der Waals surface area contributed by atoms with Crippen LogP contribution in [0.4, 0.5) is 0 Å². The summed E-state index contributed by atoms with van der Waals surface area (Å²) in [6.07, 6.45) is 0.681. The van der Waals surface area contributed by atoms with E-state index < -0.39 is 5.97 Å². The number of methoxy groups -OCH3 is 1. The number of benzene rings is 1. The number of hydrogen-bond donors (Lipinski definition) is 0. The van der Waals surface area contributed by atoms with Crippen molar-refractivity contribution in [1.29, 1.82) is 0 Å². The Balaban J connectivity index is 1.92. The summed E-state index contributed by atoms with van der Waals surface area (Å²) in [7, 11) is 1.32. The standard InChI is InChI=1S/C14H15Cl2NO4/c1-19-13(18)8-20-3-2-9-7-21-17-14(9)10-4-11(15)6-12(16)5-10/h4-6,9H,2-3,7-8H2,1H3/t9-/m1/s1. The van der Waals surface area contributed by atoms with Gasteiger partial charge >= 0.3 is 5.97 Å². The van der Waals surface area contributed by atoms with Crippen molar-refractivity contribution in [1.82, 2.24) is 0 Å². The van der Waals surface area contributed by atoms with Gasteiger partial charge in [0, 0.05) is 28.1 Å². The van der Waals surface area contributed by atoms with Crippen LogP contribution < -0.4 is 0 Å². The predicted molar refractivity (Wildman–Crippen MR) is 79.9 cm³/mol. The predicted octanol–water partition coefficient (Wildman–Crippen LogP) is 2.92. The van der Waals surface area contributed by atoms with Gasteiger partial charge in [-0.05, 0) is 24.6 Å². The van der Waals surface area contributed by atoms with Gasteiger partial charge in [-0.15, -0.1) is 0 Å². The van der Waals surface area contributed by atoms with E-state index in [1.165, 1.54) is 7.11 Å². The number of carbonyl (C=O) groups excluding carboxylic acids is 1. The molecule has 1 aliphatic heterocycles. The van der Waals surface area contributed by atoms with Gasteiger partial charge in [-0.2, -0.15) is 0 Å². The molecule has 0 aliphatic carbocycles. The maximum atomic E-state index is 10.9. The minimum atomic E-state index is -0.395. The van der Waals surface area contributed by atoms with Crippen LogP contribution in [-0.2, 0) is 19.1 Å². The lowest BCUT2D eigenvalue weighted by atomic mass is 9.95. The Morgan fingerprint density at radius 2 is 2.10 bits per heavy atom. The van der Waals surface area contributed by atoms with Crippen LogP contribution in [-0.4, -0.2) is 38.6 Å². The molecule has 0 saturated carbocycles. The van der Waals surface area contributed by atoms with Crippen LogP contribution in [0.5, 0.6) is 0 Å². The first-order valence-corrected chi connectivity index (χ1v) is 7.16. The Morgan fingerprint density at radius 1 is 1.38 bits per heavy atom. The molecule has 0 saturated heterocycles. The smallest absolute Gasteiger partial charge is 0.331 e. The first-order chi connectivity index (χ1) is 10.1. The fraction of sp³-hybridized carbons (Fsp3) is 0.429. The molecule has 1 aromatic rings. The van der Waals surface area contributed by atoms with Crippen LogP contribution in [0.2, 0.25) is 10.0 Å². The molecule has 1 aliphatic rings. The third kappa shape index (κ3) is 4.59. The highest BCUT2D eigenvalue weighted by Crippen LogP contribution is 2.25. The van der Waals surface area contributed by atoms with Crippen molar-refractivity contribution >= 4 is 34.9 Å².